The summed E-state index contributed by atoms with van der Waals surface area (Å²) in [7, 11) is -1.65. The Morgan fingerprint density at radius 2 is 1.91 bits per heavy atom. The minimum Gasteiger partial charge on any atom is -0.409 e. The van der Waals surface area contributed by atoms with Gasteiger partial charge in [-0.3, -0.25) is 4.79 Å². The lowest BCUT2D eigenvalue weighted by atomic mass is 10.1. The van der Waals surface area contributed by atoms with Gasteiger partial charge in [0, 0.05) is 60.8 Å². The Morgan fingerprint density at radius 3 is 2.65 bits per heavy atom. The number of nitrogens with zero attached hydrogens (tertiary/aromatic N) is 5. The molecule has 13 heteroatoms. The van der Waals surface area contributed by atoms with Crippen molar-refractivity contribution in [2.24, 2.45) is 10.9 Å². The van der Waals surface area contributed by atoms with Crippen molar-refractivity contribution in [2.45, 2.75) is 17.2 Å². The lowest BCUT2D eigenvalue weighted by Gasteiger charge is -2.33. The van der Waals surface area contributed by atoms with Gasteiger partial charge >= 0.3 is 0 Å². The number of amides is 1. The Bertz CT molecular complexity index is 1390. The fourth-order valence-electron chi connectivity index (χ4n) is 4.17. The normalized spacial score (nSPS) is 18.4. The monoisotopic (exact) mass is 520 g/mol. The van der Waals surface area contributed by atoms with Gasteiger partial charge in [0.1, 0.15) is 4.21 Å². The molecule has 34 heavy (non-hydrogen) atoms. The Kier molecular flexibility index (Phi) is 6.06. The molecule has 10 nitrogen and oxygen atoms in total. The van der Waals surface area contributed by atoms with E-state index in [1.165, 1.54) is 27.0 Å². The average Bonchev–Trinajstić information content (AvgIpc) is 3.47. The van der Waals surface area contributed by atoms with Gasteiger partial charge in [-0.2, -0.15) is 4.31 Å². The fraction of sp³-hybridized carbons (Fsp3) is 0.381. The Labute approximate surface area is 204 Å². The van der Waals surface area contributed by atoms with Crippen molar-refractivity contribution >= 4 is 54.5 Å². The van der Waals surface area contributed by atoms with E-state index in [0.717, 1.165) is 34.8 Å². The zero-order chi connectivity index (χ0) is 24.0. The maximum absolute atomic E-state index is 13.3. The summed E-state index contributed by atoms with van der Waals surface area (Å²) in [6.45, 7) is 2.84. The van der Waals surface area contributed by atoms with Crippen molar-refractivity contribution < 1.29 is 18.4 Å². The van der Waals surface area contributed by atoms with Gasteiger partial charge in [0.05, 0.1) is 5.69 Å². The predicted molar refractivity (Wildman–Crippen MR) is 131 cm³/mol. The highest BCUT2D eigenvalue weighted by molar-refractivity contribution is 7.91. The van der Waals surface area contributed by atoms with E-state index in [2.05, 4.69) is 22.1 Å². The summed E-state index contributed by atoms with van der Waals surface area (Å²) in [6, 6.07) is 6.75. The Morgan fingerprint density at radius 1 is 1.15 bits per heavy atom. The van der Waals surface area contributed by atoms with Crippen LogP contribution in [0.25, 0.3) is 10.1 Å². The van der Waals surface area contributed by atoms with E-state index >= 15 is 0 Å². The molecule has 1 aromatic carbocycles. The number of thiazole rings is 1. The number of thiophene rings is 1. The number of amidine groups is 1. The zero-order valence-corrected chi connectivity index (χ0v) is 20.9. The van der Waals surface area contributed by atoms with E-state index in [1.54, 1.807) is 29.2 Å². The highest BCUT2D eigenvalue weighted by Gasteiger charge is 2.33. The van der Waals surface area contributed by atoms with Crippen LogP contribution < -0.4 is 5.73 Å². The molecule has 3 aromatic rings. The third-order valence-corrected chi connectivity index (χ3v) is 10.7. The van der Waals surface area contributed by atoms with Crippen LogP contribution in [0.2, 0.25) is 0 Å². The van der Waals surface area contributed by atoms with Gasteiger partial charge in [-0.05, 0) is 36.7 Å². The van der Waals surface area contributed by atoms with E-state index in [1.807, 2.05) is 0 Å². The molecule has 2 aromatic heterocycles. The van der Waals surface area contributed by atoms with Crippen molar-refractivity contribution in [1.29, 1.82) is 0 Å². The minimum absolute atomic E-state index is 0.0357. The molecule has 0 aliphatic carbocycles. The number of hydrogen-bond donors (Lipinski definition) is 2. The second-order valence-electron chi connectivity index (χ2n) is 8.38. The molecule has 2 aliphatic heterocycles. The van der Waals surface area contributed by atoms with Crippen LogP contribution in [0.1, 0.15) is 25.9 Å². The first-order chi connectivity index (χ1) is 16.3. The fourth-order valence-corrected chi connectivity index (χ4v) is 8.28. The summed E-state index contributed by atoms with van der Waals surface area (Å²) in [5.74, 6) is -0.164. The first kappa shape index (κ1) is 23.2. The number of rotatable bonds is 4. The molecule has 5 rings (SSSR count). The highest BCUT2D eigenvalue weighted by atomic mass is 32.2. The summed E-state index contributed by atoms with van der Waals surface area (Å²) < 4.78 is 29.0. The number of aromatic nitrogens is 1. The summed E-state index contributed by atoms with van der Waals surface area (Å²) in [5.41, 5.74) is 7.17. The molecule has 0 radical (unpaired) electrons. The Balaban J connectivity index is 1.29. The lowest BCUT2D eigenvalue weighted by Crippen LogP contribution is -2.50. The van der Waals surface area contributed by atoms with Crippen molar-refractivity contribution in [3.63, 3.8) is 0 Å². The summed E-state index contributed by atoms with van der Waals surface area (Å²) >= 11 is 2.62. The third kappa shape index (κ3) is 4.18. The number of piperazine rings is 1. The standard InChI is InChI=1S/C21H24N6O4S3/c1-25-5-4-15-17(12-25)33-20(23-15)21(28)26-6-8-27(9-7-26)34(30,31)18-11-14-10-13(19(22)24-29)2-3-16(14)32-18/h2-3,10-11,29H,4-9,12H2,1H3,(H2,22,24). The smallest absolute Gasteiger partial charge is 0.282 e. The number of nitrogens with two attached hydrogens (primary N) is 1. The van der Waals surface area contributed by atoms with Crippen molar-refractivity contribution in [3.8, 4) is 0 Å². The molecular formula is C21H24N6O4S3. The van der Waals surface area contributed by atoms with Crippen LogP contribution in [-0.4, -0.2) is 84.2 Å². The number of carbonyl (C=O) groups excluding carboxylic acids is 1. The van der Waals surface area contributed by atoms with Gasteiger partial charge in [0.25, 0.3) is 15.9 Å². The maximum atomic E-state index is 13.3. The van der Waals surface area contributed by atoms with Crippen LogP contribution in [0.5, 0.6) is 0 Å². The molecular weight excluding hydrogens is 496 g/mol. The molecule has 0 unspecified atom stereocenters. The van der Waals surface area contributed by atoms with Gasteiger partial charge < -0.3 is 20.7 Å². The molecule has 1 amide bonds. The van der Waals surface area contributed by atoms with Gasteiger partial charge in [-0.15, -0.1) is 22.7 Å². The van der Waals surface area contributed by atoms with Gasteiger partial charge in [0.15, 0.2) is 10.8 Å². The number of benzene rings is 1. The molecule has 1 saturated heterocycles. The molecule has 1 fully saturated rings. The van der Waals surface area contributed by atoms with Crippen LogP contribution >= 0.6 is 22.7 Å². The summed E-state index contributed by atoms with van der Waals surface area (Å²) in [6.07, 6.45) is 0.845. The topological polar surface area (TPSA) is 132 Å². The van der Waals surface area contributed by atoms with Gasteiger partial charge in [-0.25, -0.2) is 13.4 Å². The van der Waals surface area contributed by atoms with Crippen molar-refractivity contribution in [1.82, 2.24) is 19.1 Å². The molecule has 180 valence electrons. The van der Waals surface area contributed by atoms with E-state index in [0.29, 0.717) is 29.0 Å². The van der Waals surface area contributed by atoms with Gasteiger partial charge in [0.2, 0.25) is 0 Å². The molecule has 0 saturated carbocycles. The number of fused-ring (bicyclic) bond motifs is 2. The molecule has 0 spiro atoms. The van der Waals surface area contributed by atoms with Gasteiger partial charge in [-0.1, -0.05) is 5.16 Å². The van der Waals surface area contributed by atoms with E-state index in [-0.39, 0.29) is 29.0 Å². The first-order valence-corrected chi connectivity index (χ1v) is 13.8. The summed E-state index contributed by atoms with van der Waals surface area (Å²) in [4.78, 5) is 22.6. The lowest BCUT2D eigenvalue weighted by molar-refractivity contribution is 0.0697. The van der Waals surface area contributed by atoms with Crippen molar-refractivity contribution in [3.05, 3.63) is 45.4 Å². The molecule has 0 bridgehead atoms. The Hall–Kier alpha value is -2.58. The first-order valence-electron chi connectivity index (χ1n) is 10.7. The second kappa shape index (κ2) is 8.89. The average molecular weight is 521 g/mol. The zero-order valence-electron chi connectivity index (χ0n) is 18.5. The SMILES string of the molecule is CN1CCc2nc(C(=O)N3CCN(S(=O)(=O)c4cc5cc(C(N)=NO)ccc5s4)CC3)sc2C1. The van der Waals surface area contributed by atoms with Crippen LogP contribution in [0.4, 0.5) is 0 Å². The maximum Gasteiger partial charge on any atom is 0.282 e. The van der Waals surface area contributed by atoms with Crippen LogP contribution in [0.3, 0.4) is 0 Å². The van der Waals surface area contributed by atoms with E-state index in [4.69, 9.17) is 10.9 Å². The van der Waals surface area contributed by atoms with E-state index in [9.17, 15) is 13.2 Å². The number of likely N-dealkylation sites (N-methyl/N-ethyl adjacent to an activating group) is 1. The molecule has 3 N–H and O–H groups in total. The quantitative estimate of drug-likeness (QED) is 0.231. The number of carbonyl (C=O) groups is 1. The second-order valence-corrected chi connectivity index (χ2v) is 12.7. The largest absolute Gasteiger partial charge is 0.409 e. The van der Waals surface area contributed by atoms with E-state index < -0.39 is 10.0 Å². The highest BCUT2D eigenvalue weighted by Crippen LogP contribution is 2.32. The van der Waals surface area contributed by atoms with Crippen LogP contribution in [0.15, 0.2) is 33.6 Å². The molecule has 4 heterocycles. The number of sulfonamides is 1. The number of oxime groups is 1. The predicted octanol–water partition coefficient (Wildman–Crippen LogP) is 1.59. The van der Waals surface area contributed by atoms with Crippen LogP contribution in [-0.2, 0) is 23.0 Å². The molecule has 2 aliphatic rings. The number of hydrogen-bond acceptors (Lipinski definition) is 9. The van der Waals surface area contributed by atoms with Crippen molar-refractivity contribution in [2.75, 3.05) is 39.8 Å². The van der Waals surface area contributed by atoms with Crippen LogP contribution in [0, 0.1) is 0 Å². The third-order valence-electron chi connectivity index (χ3n) is 6.12. The molecule has 0 atom stereocenters. The summed E-state index contributed by atoms with van der Waals surface area (Å²) in [5, 5.41) is 13.1. The minimum atomic E-state index is -3.70.